The third kappa shape index (κ3) is 2.91. The average molecular weight is 307 g/mol. The Bertz CT molecular complexity index is 767. The molecule has 23 heavy (non-hydrogen) atoms. The summed E-state index contributed by atoms with van der Waals surface area (Å²) < 4.78 is 0. The molecule has 0 saturated carbocycles. The van der Waals surface area contributed by atoms with Gasteiger partial charge in [-0.3, -0.25) is 0 Å². The molecule has 0 aliphatic carbocycles. The lowest BCUT2D eigenvalue weighted by Crippen LogP contribution is -2.40. The van der Waals surface area contributed by atoms with Crippen molar-refractivity contribution in [2.24, 2.45) is 0 Å². The first-order valence-electron chi connectivity index (χ1n) is 8.36. The van der Waals surface area contributed by atoms with Gasteiger partial charge in [0.1, 0.15) is 11.8 Å². The molecule has 5 heteroatoms. The highest BCUT2D eigenvalue weighted by Crippen LogP contribution is 2.29. The molecule has 1 aliphatic heterocycles. The summed E-state index contributed by atoms with van der Waals surface area (Å²) >= 11 is 0. The second kappa shape index (κ2) is 6.36. The first kappa shape index (κ1) is 14.2. The molecule has 0 amide bonds. The molecule has 3 aromatic rings. The van der Waals surface area contributed by atoms with Gasteiger partial charge in [0.2, 0.25) is 0 Å². The van der Waals surface area contributed by atoms with Gasteiger partial charge in [-0.25, -0.2) is 15.0 Å². The predicted octanol–water partition coefficient (Wildman–Crippen LogP) is 3.34. The van der Waals surface area contributed by atoms with Gasteiger partial charge in [-0.15, -0.1) is 0 Å². The van der Waals surface area contributed by atoms with Crippen molar-refractivity contribution in [1.82, 2.24) is 19.9 Å². The molecule has 1 N–H and O–H groups in total. The van der Waals surface area contributed by atoms with Crippen molar-refractivity contribution in [1.29, 1.82) is 0 Å². The van der Waals surface area contributed by atoms with Gasteiger partial charge in [0, 0.05) is 12.6 Å². The van der Waals surface area contributed by atoms with Crippen LogP contribution in [0.2, 0.25) is 0 Å². The average Bonchev–Trinajstić information content (AvgIpc) is 3.10. The number of nitrogens with zero attached hydrogens (tertiary/aromatic N) is 4. The van der Waals surface area contributed by atoms with Crippen molar-refractivity contribution in [3.8, 4) is 0 Å². The molecule has 118 valence electrons. The minimum Gasteiger partial charge on any atom is -0.352 e. The lowest BCUT2D eigenvalue weighted by atomic mass is 9.96. The summed E-state index contributed by atoms with van der Waals surface area (Å²) in [7, 11) is 0. The van der Waals surface area contributed by atoms with E-state index in [0.29, 0.717) is 6.04 Å². The zero-order valence-electron chi connectivity index (χ0n) is 13.2. The van der Waals surface area contributed by atoms with E-state index in [1.807, 2.05) is 0 Å². The number of aromatic amines is 1. The zero-order chi connectivity index (χ0) is 15.5. The molecule has 1 saturated heterocycles. The van der Waals surface area contributed by atoms with Gasteiger partial charge in [0.15, 0.2) is 11.5 Å². The highest BCUT2D eigenvalue weighted by atomic mass is 15.2. The molecule has 5 nitrogen and oxygen atoms in total. The molecule has 2 aromatic heterocycles. The Kier molecular flexibility index (Phi) is 3.92. The largest absolute Gasteiger partial charge is 0.352 e. The van der Waals surface area contributed by atoms with Crippen molar-refractivity contribution >= 4 is 17.0 Å². The predicted molar refractivity (Wildman–Crippen MR) is 91.4 cm³/mol. The van der Waals surface area contributed by atoms with Crippen LogP contribution in [0.5, 0.6) is 0 Å². The lowest BCUT2D eigenvalue weighted by Gasteiger charge is -2.36. The number of rotatable bonds is 4. The van der Waals surface area contributed by atoms with Gasteiger partial charge in [-0.2, -0.15) is 0 Å². The maximum Gasteiger partial charge on any atom is 0.182 e. The monoisotopic (exact) mass is 307 g/mol. The number of hydrogen-bond acceptors (Lipinski definition) is 4. The van der Waals surface area contributed by atoms with E-state index in [4.69, 9.17) is 0 Å². The molecule has 1 aliphatic rings. The number of anilines is 1. The smallest absolute Gasteiger partial charge is 0.182 e. The van der Waals surface area contributed by atoms with E-state index in [1.54, 1.807) is 12.7 Å². The normalized spacial score (nSPS) is 18.4. The van der Waals surface area contributed by atoms with Gasteiger partial charge >= 0.3 is 0 Å². The van der Waals surface area contributed by atoms with Crippen LogP contribution < -0.4 is 4.90 Å². The third-order valence-electron chi connectivity index (χ3n) is 4.71. The summed E-state index contributed by atoms with van der Waals surface area (Å²) in [4.78, 5) is 18.7. The minimum atomic E-state index is 0.533. The van der Waals surface area contributed by atoms with Crippen molar-refractivity contribution < 1.29 is 0 Å². The van der Waals surface area contributed by atoms with Crippen molar-refractivity contribution in [2.45, 2.75) is 38.1 Å². The summed E-state index contributed by atoms with van der Waals surface area (Å²) in [5, 5.41) is 0. The summed E-state index contributed by atoms with van der Waals surface area (Å²) in [6.07, 6.45) is 9.34. The number of H-pyrrole nitrogens is 1. The van der Waals surface area contributed by atoms with Gasteiger partial charge < -0.3 is 9.88 Å². The fourth-order valence-corrected chi connectivity index (χ4v) is 3.53. The van der Waals surface area contributed by atoms with Crippen LogP contribution in [0, 0.1) is 0 Å². The van der Waals surface area contributed by atoms with Crippen LogP contribution in [0.25, 0.3) is 11.2 Å². The highest BCUT2D eigenvalue weighted by Gasteiger charge is 2.25. The standard InChI is InChI=1S/C18H21N5/c1-2-6-14(7-3-1)9-10-15-8-4-5-11-23(15)18-16-17(20-12-19-16)21-13-22-18/h1-3,6-7,12-13,15H,4-5,8-11H2,(H,19,20,21,22)/t15-/m1/s1. The second-order valence-corrected chi connectivity index (χ2v) is 6.17. The molecule has 4 rings (SSSR count). The SMILES string of the molecule is c1ccc(CC[C@H]2CCCCN2c2ncnc3nc[nH]c23)cc1. The van der Waals surface area contributed by atoms with Crippen LogP contribution in [0.15, 0.2) is 43.0 Å². The molecule has 1 aromatic carbocycles. The summed E-state index contributed by atoms with van der Waals surface area (Å²) in [6, 6.07) is 11.3. The molecular weight excluding hydrogens is 286 g/mol. The number of fused-ring (bicyclic) bond motifs is 1. The summed E-state index contributed by atoms with van der Waals surface area (Å²) in [5.74, 6) is 1.00. The molecule has 0 bridgehead atoms. The Morgan fingerprint density at radius 2 is 2.00 bits per heavy atom. The van der Waals surface area contributed by atoms with Crippen molar-refractivity contribution in [2.75, 3.05) is 11.4 Å². The van der Waals surface area contributed by atoms with Crippen LogP contribution in [-0.2, 0) is 6.42 Å². The quantitative estimate of drug-likeness (QED) is 0.803. The molecule has 0 spiro atoms. The second-order valence-electron chi connectivity index (χ2n) is 6.17. The van der Waals surface area contributed by atoms with E-state index in [2.05, 4.69) is 55.2 Å². The van der Waals surface area contributed by atoms with Crippen LogP contribution in [0.1, 0.15) is 31.2 Å². The van der Waals surface area contributed by atoms with Crippen LogP contribution in [0.4, 0.5) is 5.82 Å². The molecule has 1 fully saturated rings. The van der Waals surface area contributed by atoms with Gasteiger partial charge in [-0.05, 0) is 37.7 Å². The fraction of sp³-hybridized carbons (Fsp3) is 0.389. The van der Waals surface area contributed by atoms with Gasteiger partial charge in [0.25, 0.3) is 0 Å². The number of imidazole rings is 1. The first-order chi connectivity index (χ1) is 11.4. The van der Waals surface area contributed by atoms with Gasteiger partial charge in [0.05, 0.1) is 6.33 Å². The lowest BCUT2D eigenvalue weighted by molar-refractivity contribution is 0.436. The molecule has 0 radical (unpaired) electrons. The van der Waals surface area contributed by atoms with Crippen molar-refractivity contribution in [3.05, 3.63) is 48.5 Å². The third-order valence-corrected chi connectivity index (χ3v) is 4.71. The molecule has 3 heterocycles. The van der Waals surface area contributed by atoms with E-state index in [1.165, 1.54) is 24.8 Å². The number of piperidine rings is 1. The van der Waals surface area contributed by atoms with E-state index in [9.17, 15) is 0 Å². The van der Waals surface area contributed by atoms with Crippen molar-refractivity contribution in [3.63, 3.8) is 0 Å². The number of hydrogen-bond donors (Lipinski definition) is 1. The van der Waals surface area contributed by atoms with E-state index in [-0.39, 0.29) is 0 Å². The Balaban J connectivity index is 1.57. The van der Waals surface area contributed by atoms with E-state index >= 15 is 0 Å². The Morgan fingerprint density at radius 3 is 2.91 bits per heavy atom. The Hall–Kier alpha value is -2.43. The number of aromatic nitrogens is 4. The summed E-state index contributed by atoms with van der Waals surface area (Å²) in [6.45, 7) is 1.06. The van der Waals surface area contributed by atoms with Crippen LogP contribution in [-0.4, -0.2) is 32.5 Å². The minimum absolute atomic E-state index is 0.533. The van der Waals surface area contributed by atoms with Crippen LogP contribution in [0.3, 0.4) is 0 Å². The summed E-state index contributed by atoms with van der Waals surface area (Å²) in [5.41, 5.74) is 3.12. The molecular formula is C18H21N5. The molecule has 1 atom stereocenters. The fourth-order valence-electron chi connectivity index (χ4n) is 3.53. The Labute approximate surface area is 135 Å². The van der Waals surface area contributed by atoms with Crippen LogP contribution >= 0.6 is 0 Å². The first-order valence-corrected chi connectivity index (χ1v) is 8.36. The highest BCUT2D eigenvalue weighted by molar-refractivity contribution is 5.82. The topological polar surface area (TPSA) is 57.7 Å². The zero-order valence-corrected chi connectivity index (χ0v) is 13.2. The van der Waals surface area contributed by atoms with Gasteiger partial charge in [-0.1, -0.05) is 30.3 Å². The maximum absolute atomic E-state index is 4.55. The Morgan fingerprint density at radius 1 is 1.09 bits per heavy atom. The van der Waals surface area contributed by atoms with E-state index in [0.717, 1.165) is 36.4 Å². The van der Waals surface area contributed by atoms with E-state index < -0.39 is 0 Å². The number of nitrogens with one attached hydrogen (secondary N) is 1. The molecule has 0 unspecified atom stereocenters. The maximum atomic E-state index is 4.55. The number of benzene rings is 1. The number of aryl methyl sites for hydroxylation is 1.